The van der Waals surface area contributed by atoms with Crippen molar-refractivity contribution in [3.8, 4) is 5.69 Å². The zero-order valence-electron chi connectivity index (χ0n) is 16.9. The lowest BCUT2D eigenvalue weighted by Gasteiger charge is -2.33. The van der Waals surface area contributed by atoms with Gasteiger partial charge in [0.1, 0.15) is 10.9 Å². The van der Waals surface area contributed by atoms with Crippen molar-refractivity contribution in [2.45, 2.75) is 20.0 Å². The predicted molar refractivity (Wildman–Crippen MR) is 122 cm³/mol. The smallest absolute Gasteiger partial charge is 0.276 e. The zero-order chi connectivity index (χ0) is 21.5. The van der Waals surface area contributed by atoms with E-state index in [-0.39, 0.29) is 5.91 Å². The standard InChI is InChI=1S/C22H19ClN6OS/c1-3-31-22-25-21(30)18-15-11-7-8-12-16(15)24-20(29(18)27-22)17-13(2)26-28(19(17)23)14-9-5-4-6-10-14/h4-12,20H,3H2,1-2H3,(H,25,27,30). The lowest BCUT2D eigenvalue weighted by molar-refractivity contribution is -0.116. The molecule has 9 heteroatoms. The fraction of sp³-hybridized carbons (Fsp3) is 0.182. The summed E-state index contributed by atoms with van der Waals surface area (Å²) in [6, 6.07) is 17.3. The fourth-order valence-corrected chi connectivity index (χ4v) is 4.72. The maximum absolute atomic E-state index is 13.1. The molecule has 0 spiro atoms. The molecule has 31 heavy (non-hydrogen) atoms. The maximum Gasteiger partial charge on any atom is 0.276 e. The highest BCUT2D eigenvalue weighted by Gasteiger charge is 2.37. The summed E-state index contributed by atoms with van der Waals surface area (Å²) < 4.78 is 1.69. The summed E-state index contributed by atoms with van der Waals surface area (Å²) in [5.41, 5.74) is 2.76. The highest BCUT2D eigenvalue weighted by atomic mass is 35.5. The molecule has 7 nitrogen and oxygen atoms in total. The molecule has 1 unspecified atom stereocenters. The van der Waals surface area contributed by atoms with Crippen LogP contribution in [0.25, 0.3) is 11.4 Å². The Kier molecular flexibility index (Phi) is 5.03. The maximum atomic E-state index is 13.1. The first-order chi connectivity index (χ1) is 15.1. The van der Waals surface area contributed by atoms with Gasteiger partial charge in [0, 0.05) is 5.22 Å². The second-order valence-electron chi connectivity index (χ2n) is 7.04. The quantitative estimate of drug-likeness (QED) is 0.665. The molecule has 2 aliphatic rings. The van der Waals surface area contributed by atoms with Crippen LogP contribution in [0, 0.1) is 6.92 Å². The van der Waals surface area contributed by atoms with E-state index in [0.29, 0.717) is 16.0 Å². The van der Waals surface area contributed by atoms with Crippen molar-refractivity contribution >= 4 is 40.1 Å². The Morgan fingerprint density at radius 3 is 2.65 bits per heavy atom. The van der Waals surface area contributed by atoms with Gasteiger partial charge in [0.2, 0.25) is 0 Å². The van der Waals surface area contributed by atoms with Crippen molar-refractivity contribution < 1.29 is 4.79 Å². The van der Waals surface area contributed by atoms with Crippen LogP contribution < -0.4 is 15.9 Å². The van der Waals surface area contributed by atoms with E-state index in [9.17, 15) is 4.79 Å². The van der Waals surface area contributed by atoms with Gasteiger partial charge in [0.05, 0.1) is 22.3 Å². The van der Waals surface area contributed by atoms with E-state index in [4.69, 9.17) is 21.7 Å². The van der Waals surface area contributed by atoms with Gasteiger partial charge in [-0.2, -0.15) is 5.10 Å². The number of amidine groups is 1. The van der Waals surface area contributed by atoms with E-state index >= 15 is 0 Å². The number of hydrogen-bond acceptors (Lipinski definition) is 6. The number of thioether (sulfide) groups is 1. The predicted octanol–water partition coefficient (Wildman–Crippen LogP) is 2.73. The number of carbonyl (C=O) groups excluding carboxylic acids is 1. The number of nitrogens with zero attached hydrogens (tertiary/aromatic N) is 5. The topological polar surface area (TPSA) is 74.9 Å². The summed E-state index contributed by atoms with van der Waals surface area (Å²) in [6.45, 7) is 3.91. The van der Waals surface area contributed by atoms with Crippen molar-refractivity contribution in [2.24, 2.45) is 10.1 Å². The van der Waals surface area contributed by atoms with Gasteiger partial charge in [0.15, 0.2) is 11.3 Å². The number of nitrogens with one attached hydrogen (secondary N) is 1. The number of carbonyl (C=O) groups is 1. The Labute approximate surface area is 188 Å². The van der Waals surface area contributed by atoms with E-state index in [1.165, 1.54) is 11.8 Å². The highest BCUT2D eigenvalue weighted by Crippen LogP contribution is 2.37. The Hall–Kier alpha value is -3.10. The van der Waals surface area contributed by atoms with E-state index in [2.05, 4.69) is 10.4 Å². The van der Waals surface area contributed by atoms with Crippen molar-refractivity contribution in [1.82, 2.24) is 20.1 Å². The number of aromatic nitrogens is 2. The minimum Gasteiger partial charge on any atom is -0.298 e. The van der Waals surface area contributed by atoms with Gasteiger partial charge in [0.25, 0.3) is 5.91 Å². The van der Waals surface area contributed by atoms with Crippen LogP contribution >= 0.6 is 23.4 Å². The number of hydrazone groups is 1. The van der Waals surface area contributed by atoms with Gasteiger partial charge in [-0.3, -0.25) is 15.1 Å². The van der Waals surface area contributed by atoms with E-state index in [0.717, 1.165) is 33.3 Å². The monoisotopic (exact) mass is 450 g/mol. The summed E-state index contributed by atoms with van der Waals surface area (Å²) >= 11 is 8.31. The van der Waals surface area contributed by atoms with Crippen molar-refractivity contribution in [2.75, 3.05) is 5.75 Å². The second kappa shape index (κ2) is 7.86. The minimum absolute atomic E-state index is 0.206. The van der Waals surface area contributed by atoms with Crippen LogP contribution in [0.5, 0.6) is 0 Å². The number of halogens is 1. The van der Waals surface area contributed by atoms with Gasteiger partial charge in [-0.05, 0) is 30.9 Å². The Morgan fingerprint density at radius 1 is 1.13 bits per heavy atom. The van der Waals surface area contributed by atoms with Crippen molar-refractivity contribution in [3.05, 3.63) is 81.6 Å². The Bertz CT molecular complexity index is 1330. The molecule has 3 aromatic rings. The largest absolute Gasteiger partial charge is 0.298 e. The van der Waals surface area contributed by atoms with Crippen LogP contribution in [0.3, 0.4) is 0 Å². The molecule has 2 aliphatic heterocycles. The van der Waals surface area contributed by atoms with Crippen LogP contribution in [-0.4, -0.2) is 31.6 Å². The molecule has 0 aliphatic carbocycles. The number of benzene rings is 2. The molecule has 5 rings (SSSR count). The molecular weight excluding hydrogens is 432 g/mol. The highest BCUT2D eigenvalue weighted by molar-refractivity contribution is 8.13. The normalized spacial score (nSPS) is 17.5. The molecule has 1 N–H and O–H groups in total. The van der Waals surface area contributed by atoms with E-state index in [1.54, 1.807) is 9.69 Å². The summed E-state index contributed by atoms with van der Waals surface area (Å²) in [5, 5.41) is 16.4. The van der Waals surface area contributed by atoms with E-state index < -0.39 is 6.17 Å². The first kappa shape index (κ1) is 19.8. The molecular formula is C22H19ClN6OS. The number of amides is 1. The third kappa shape index (κ3) is 3.32. The number of aryl methyl sites for hydroxylation is 1. The van der Waals surface area contributed by atoms with Crippen LogP contribution in [0.1, 0.15) is 24.3 Å². The summed E-state index contributed by atoms with van der Waals surface area (Å²) in [7, 11) is 0. The van der Waals surface area contributed by atoms with Gasteiger partial charge < -0.3 is 0 Å². The van der Waals surface area contributed by atoms with Gasteiger partial charge >= 0.3 is 0 Å². The minimum atomic E-state index is -0.603. The second-order valence-corrected chi connectivity index (χ2v) is 8.65. The summed E-state index contributed by atoms with van der Waals surface area (Å²) in [5.74, 6) is 0.578. The third-order valence-corrected chi connectivity index (χ3v) is 6.21. The van der Waals surface area contributed by atoms with Crippen molar-refractivity contribution in [3.63, 3.8) is 0 Å². The number of rotatable bonds is 3. The lowest BCUT2D eigenvalue weighted by Crippen LogP contribution is -2.50. The molecule has 3 heterocycles. The molecule has 0 bridgehead atoms. The summed E-state index contributed by atoms with van der Waals surface area (Å²) in [4.78, 5) is 18.0. The molecule has 2 aromatic carbocycles. The molecule has 0 fully saturated rings. The fourth-order valence-electron chi connectivity index (χ4n) is 3.76. The Balaban J connectivity index is 1.73. The number of fused-ring (bicyclic) bond motifs is 2. The van der Waals surface area contributed by atoms with E-state index in [1.807, 2.05) is 68.4 Å². The van der Waals surface area contributed by atoms with Crippen molar-refractivity contribution in [1.29, 1.82) is 0 Å². The lowest BCUT2D eigenvalue weighted by atomic mass is 10.1. The molecule has 0 radical (unpaired) electrons. The molecule has 1 amide bonds. The zero-order valence-corrected chi connectivity index (χ0v) is 18.5. The third-order valence-electron chi connectivity index (χ3n) is 5.10. The first-order valence-corrected chi connectivity index (χ1v) is 11.2. The van der Waals surface area contributed by atoms with Crippen LogP contribution in [0.2, 0.25) is 5.15 Å². The average molecular weight is 451 g/mol. The average Bonchev–Trinajstić information content (AvgIpc) is 3.07. The molecule has 0 saturated carbocycles. The van der Waals surface area contributed by atoms with Gasteiger partial charge in [-0.25, -0.2) is 9.69 Å². The SMILES string of the molecule is CCSC1=NN2C(=c3ccccc3=NC2c2c(C)nn(-c3ccccc3)c2Cl)C(=O)N1. The number of hydrogen-bond donors (Lipinski definition) is 1. The molecule has 1 atom stereocenters. The summed E-state index contributed by atoms with van der Waals surface area (Å²) in [6.07, 6.45) is -0.603. The van der Waals surface area contributed by atoms with Crippen LogP contribution in [-0.2, 0) is 4.79 Å². The molecule has 156 valence electrons. The molecule has 0 saturated heterocycles. The Morgan fingerprint density at radius 2 is 1.87 bits per heavy atom. The van der Waals surface area contributed by atoms with Gasteiger partial charge in [-0.15, -0.1) is 5.10 Å². The molecule has 1 aromatic heterocycles. The first-order valence-electron chi connectivity index (χ1n) is 9.88. The van der Waals surface area contributed by atoms with Crippen LogP contribution in [0.4, 0.5) is 0 Å². The van der Waals surface area contributed by atoms with Gasteiger partial charge in [-0.1, -0.05) is 66.7 Å². The number of para-hydroxylation sites is 2. The van der Waals surface area contributed by atoms with Crippen LogP contribution in [0.15, 0.2) is 64.7 Å².